The Hall–Kier alpha value is -0.820. The average molecular weight is 178 g/mol. The zero-order chi connectivity index (χ0) is 9.73. The van der Waals surface area contributed by atoms with Gasteiger partial charge in [0.25, 0.3) is 0 Å². The van der Waals surface area contributed by atoms with Gasteiger partial charge in [0.2, 0.25) is 0 Å². The summed E-state index contributed by atoms with van der Waals surface area (Å²) in [5.41, 5.74) is -0.846. The minimum Gasteiger partial charge on any atom is -0.382 e. The van der Waals surface area contributed by atoms with E-state index in [2.05, 4.69) is 24.8 Å². The number of allylic oxidation sites excluding steroid dienone is 3. The Morgan fingerprint density at radius 3 is 2.85 bits per heavy atom. The smallest absolute Gasteiger partial charge is 0.0978 e. The minimum atomic E-state index is -0.846. The Balaban J connectivity index is 2.47. The second-order valence-corrected chi connectivity index (χ2v) is 3.83. The molecular weight excluding hydrogens is 160 g/mol. The van der Waals surface area contributed by atoms with E-state index in [0.717, 1.165) is 12.8 Å². The fraction of sp³-hybridized carbons (Fsp3) is 0.500. The van der Waals surface area contributed by atoms with Gasteiger partial charge in [-0.25, -0.2) is 0 Å². The van der Waals surface area contributed by atoms with Crippen molar-refractivity contribution in [3.8, 4) is 0 Å². The van der Waals surface area contributed by atoms with E-state index in [9.17, 15) is 5.11 Å². The van der Waals surface area contributed by atoms with Gasteiger partial charge in [0.05, 0.1) is 5.60 Å². The van der Waals surface area contributed by atoms with E-state index in [-0.39, 0.29) is 0 Å². The highest BCUT2D eigenvalue weighted by atomic mass is 16.3. The molecule has 0 heterocycles. The number of rotatable bonds is 3. The molecule has 2 atom stereocenters. The molecule has 0 radical (unpaired) electrons. The molecule has 1 aliphatic rings. The van der Waals surface area contributed by atoms with Crippen molar-refractivity contribution in [3.05, 3.63) is 37.0 Å². The van der Waals surface area contributed by atoms with Gasteiger partial charge in [0, 0.05) is 0 Å². The summed E-state index contributed by atoms with van der Waals surface area (Å²) in [6.45, 7) is 5.33. The molecule has 1 rings (SSSR count). The zero-order valence-corrected chi connectivity index (χ0v) is 8.24. The second kappa shape index (κ2) is 4.43. The van der Waals surface area contributed by atoms with Gasteiger partial charge in [-0.2, -0.15) is 0 Å². The van der Waals surface area contributed by atoms with Crippen LogP contribution in [0.1, 0.15) is 26.2 Å². The minimum absolute atomic E-state index is 0.594. The topological polar surface area (TPSA) is 20.2 Å². The summed E-state index contributed by atoms with van der Waals surface area (Å²) in [6.07, 6.45) is 13.4. The van der Waals surface area contributed by atoms with Gasteiger partial charge in [-0.3, -0.25) is 0 Å². The molecule has 1 N–H and O–H groups in total. The Morgan fingerprint density at radius 1 is 1.54 bits per heavy atom. The van der Waals surface area contributed by atoms with Gasteiger partial charge < -0.3 is 5.11 Å². The average Bonchev–Trinajstić information content (AvgIpc) is 2.17. The molecule has 0 saturated heterocycles. The normalized spacial score (nSPS) is 27.4. The van der Waals surface area contributed by atoms with E-state index in [1.165, 1.54) is 6.42 Å². The lowest BCUT2D eigenvalue weighted by atomic mass is 9.92. The van der Waals surface area contributed by atoms with Crippen molar-refractivity contribution in [1.82, 2.24) is 0 Å². The molecule has 0 bridgehead atoms. The molecule has 0 amide bonds. The predicted octanol–water partition coefficient (Wildman–Crippen LogP) is 2.84. The standard InChI is InChI=1S/C12H18O/c1-3-12(2,13)10-9-11-7-5-4-6-8-11/h3-5,9-11,13H,1,6-8H2,2H3/b10-9+. The van der Waals surface area contributed by atoms with Crippen LogP contribution in [0.4, 0.5) is 0 Å². The van der Waals surface area contributed by atoms with Gasteiger partial charge in [0.1, 0.15) is 0 Å². The lowest BCUT2D eigenvalue weighted by Gasteiger charge is -2.17. The third-order valence-electron chi connectivity index (χ3n) is 2.43. The van der Waals surface area contributed by atoms with E-state index >= 15 is 0 Å². The largest absolute Gasteiger partial charge is 0.382 e. The first-order chi connectivity index (χ1) is 6.14. The van der Waals surface area contributed by atoms with E-state index in [1.54, 1.807) is 13.0 Å². The third kappa shape index (κ3) is 3.60. The number of aliphatic hydroxyl groups is 1. The van der Waals surface area contributed by atoms with Crippen molar-refractivity contribution in [2.75, 3.05) is 0 Å². The lowest BCUT2D eigenvalue weighted by Crippen LogP contribution is -2.16. The lowest BCUT2D eigenvalue weighted by molar-refractivity contribution is 0.163. The van der Waals surface area contributed by atoms with Crippen LogP contribution in [0, 0.1) is 5.92 Å². The molecule has 0 spiro atoms. The second-order valence-electron chi connectivity index (χ2n) is 3.83. The monoisotopic (exact) mass is 178 g/mol. The fourth-order valence-corrected chi connectivity index (χ4v) is 1.39. The Morgan fingerprint density at radius 2 is 2.31 bits per heavy atom. The molecule has 0 aliphatic heterocycles. The molecule has 72 valence electrons. The molecule has 1 aliphatic carbocycles. The molecule has 1 nitrogen and oxygen atoms in total. The van der Waals surface area contributed by atoms with Gasteiger partial charge in [0.15, 0.2) is 0 Å². The van der Waals surface area contributed by atoms with Crippen LogP contribution in [0.2, 0.25) is 0 Å². The molecular formula is C12H18O. The Bertz CT molecular complexity index is 223. The summed E-state index contributed by atoms with van der Waals surface area (Å²) < 4.78 is 0. The summed E-state index contributed by atoms with van der Waals surface area (Å²) in [5.74, 6) is 0.594. The van der Waals surface area contributed by atoms with E-state index in [4.69, 9.17) is 0 Å². The van der Waals surface area contributed by atoms with Crippen LogP contribution in [0.5, 0.6) is 0 Å². The van der Waals surface area contributed by atoms with E-state index in [0.29, 0.717) is 5.92 Å². The molecule has 0 aromatic rings. The Kier molecular flexibility index (Phi) is 3.49. The van der Waals surface area contributed by atoms with Crippen LogP contribution < -0.4 is 0 Å². The number of hydrogen-bond donors (Lipinski definition) is 1. The van der Waals surface area contributed by atoms with Crippen LogP contribution in [-0.4, -0.2) is 10.7 Å². The SMILES string of the molecule is C=CC(C)(O)/C=C/C1CC=CCC1. The maximum Gasteiger partial charge on any atom is 0.0978 e. The number of hydrogen-bond acceptors (Lipinski definition) is 1. The molecule has 2 unspecified atom stereocenters. The van der Waals surface area contributed by atoms with Crippen LogP contribution >= 0.6 is 0 Å². The first-order valence-electron chi connectivity index (χ1n) is 4.84. The molecule has 1 heteroatoms. The first-order valence-corrected chi connectivity index (χ1v) is 4.84. The summed E-state index contributed by atoms with van der Waals surface area (Å²) in [6, 6.07) is 0. The van der Waals surface area contributed by atoms with Crippen LogP contribution in [0.25, 0.3) is 0 Å². The van der Waals surface area contributed by atoms with Crippen LogP contribution in [0.15, 0.2) is 37.0 Å². The highest BCUT2D eigenvalue weighted by Crippen LogP contribution is 2.20. The van der Waals surface area contributed by atoms with E-state index in [1.807, 2.05) is 6.08 Å². The zero-order valence-electron chi connectivity index (χ0n) is 8.24. The van der Waals surface area contributed by atoms with Gasteiger partial charge >= 0.3 is 0 Å². The first kappa shape index (κ1) is 10.3. The van der Waals surface area contributed by atoms with Crippen molar-refractivity contribution in [2.45, 2.75) is 31.8 Å². The van der Waals surface area contributed by atoms with Crippen molar-refractivity contribution >= 4 is 0 Å². The highest BCUT2D eigenvalue weighted by Gasteiger charge is 2.12. The van der Waals surface area contributed by atoms with Gasteiger partial charge in [-0.1, -0.05) is 37.0 Å². The molecule has 13 heavy (non-hydrogen) atoms. The predicted molar refractivity (Wildman–Crippen MR) is 56.4 cm³/mol. The summed E-state index contributed by atoms with van der Waals surface area (Å²) in [4.78, 5) is 0. The van der Waals surface area contributed by atoms with E-state index < -0.39 is 5.60 Å². The maximum atomic E-state index is 9.63. The molecule has 0 aromatic carbocycles. The fourth-order valence-electron chi connectivity index (χ4n) is 1.39. The quantitative estimate of drug-likeness (QED) is 0.659. The highest BCUT2D eigenvalue weighted by molar-refractivity contribution is 5.11. The Labute approximate surface area is 80.5 Å². The van der Waals surface area contributed by atoms with Crippen molar-refractivity contribution in [3.63, 3.8) is 0 Å². The van der Waals surface area contributed by atoms with Crippen LogP contribution in [0.3, 0.4) is 0 Å². The van der Waals surface area contributed by atoms with Crippen molar-refractivity contribution in [1.29, 1.82) is 0 Å². The van der Waals surface area contributed by atoms with Crippen LogP contribution in [-0.2, 0) is 0 Å². The van der Waals surface area contributed by atoms with Crippen molar-refractivity contribution in [2.24, 2.45) is 5.92 Å². The van der Waals surface area contributed by atoms with Crippen molar-refractivity contribution < 1.29 is 5.11 Å². The summed E-state index contributed by atoms with van der Waals surface area (Å²) in [5, 5.41) is 9.63. The molecule has 0 aromatic heterocycles. The summed E-state index contributed by atoms with van der Waals surface area (Å²) >= 11 is 0. The molecule has 0 saturated carbocycles. The van der Waals surface area contributed by atoms with Gasteiger partial charge in [-0.15, -0.1) is 0 Å². The maximum absolute atomic E-state index is 9.63. The molecule has 0 fully saturated rings. The van der Waals surface area contributed by atoms with Gasteiger partial charge in [-0.05, 0) is 32.1 Å². The third-order valence-corrected chi connectivity index (χ3v) is 2.43. The summed E-state index contributed by atoms with van der Waals surface area (Å²) in [7, 11) is 0.